The molecule has 0 bridgehead atoms. The van der Waals surface area contributed by atoms with Crippen LogP contribution in [0.3, 0.4) is 0 Å². The molecular weight excluding hydrogens is 368 g/mol. The number of nitrogens with zero attached hydrogens (tertiary/aromatic N) is 1. The van der Waals surface area contributed by atoms with Crippen molar-refractivity contribution in [3.8, 4) is 11.5 Å². The van der Waals surface area contributed by atoms with Gasteiger partial charge in [0.05, 0.1) is 12.1 Å². The molecule has 2 aromatic carbocycles. The van der Waals surface area contributed by atoms with E-state index in [2.05, 4.69) is 5.32 Å². The minimum absolute atomic E-state index is 0.0247. The highest BCUT2D eigenvalue weighted by atomic mass is 35.5. The molecule has 0 radical (unpaired) electrons. The Morgan fingerprint density at radius 1 is 1.11 bits per heavy atom. The summed E-state index contributed by atoms with van der Waals surface area (Å²) in [5.41, 5.74) is 1.63. The van der Waals surface area contributed by atoms with Crippen molar-refractivity contribution in [2.24, 2.45) is 0 Å². The maximum atomic E-state index is 12.1. The Labute approximate surface area is 164 Å². The Balaban J connectivity index is 1.81. The molecule has 0 aliphatic heterocycles. The van der Waals surface area contributed by atoms with Crippen molar-refractivity contribution in [2.45, 2.75) is 12.8 Å². The number of rotatable bonds is 8. The van der Waals surface area contributed by atoms with Crippen molar-refractivity contribution >= 4 is 29.1 Å². The van der Waals surface area contributed by atoms with Gasteiger partial charge < -0.3 is 19.7 Å². The van der Waals surface area contributed by atoms with Crippen LogP contribution in [0.25, 0.3) is 0 Å². The van der Waals surface area contributed by atoms with Crippen molar-refractivity contribution in [1.82, 2.24) is 4.90 Å². The number of methoxy groups -OCH3 is 1. The van der Waals surface area contributed by atoms with Crippen molar-refractivity contribution in [3.63, 3.8) is 0 Å². The second-order valence-electron chi connectivity index (χ2n) is 6.12. The highest BCUT2D eigenvalue weighted by molar-refractivity contribution is 6.32. The van der Waals surface area contributed by atoms with E-state index in [9.17, 15) is 9.59 Å². The molecule has 6 nitrogen and oxygen atoms in total. The number of likely N-dealkylation sites (N-methyl/N-ethyl adjacent to an activating group) is 1. The van der Waals surface area contributed by atoms with E-state index < -0.39 is 0 Å². The number of carbonyl (C=O) groups excluding carboxylic acids is 2. The van der Waals surface area contributed by atoms with Crippen molar-refractivity contribution in [2.75, 3.05) is 33.1 Å². The van der Waals surface area contributed by atoms with Crippen LogP contribution in [0.5, 0.6) is 11.5 Å². The lowest BCUT2D eigenvalue weighted by Crippen LogP contribution is -2.27. The summed E-state index contributed by atoms with van der Waals surface area (Å²) in [4.78, 5) is 25.1. The Kier molecular flexibility index (Phi) is 7.49. The lowest BCUT2D eigenvalue weighted by molar-refractivity contribution is -0.130. The van der Waals surface area contributed by atoms with Gasteiger partial charge in [-0.1, -0.05) is 17.7 Å². The number of anilines is 1. The summed E-state index contributed by atoms with van der Waals surface area (Å²) < 4.78 is 10.5. The fraction of sp³-hybridized carbons (Fsp3) is 0.300. The number of amides is 2. The molecule has 0 spiro atoms. The van der Waals surface area contributed by atoms with Gasteiger partial charge in [0.2, 0.25) is 5.91 Å². The summed E-state index contributed by atoms with van der Waals surface area (Å²) in [5, 5.41) is 3.36. The molecule has 0 atom stereocenters. The van der Waals surface area contributed by atoms with E-state index in [-0.39, 0.29) is 18.4 Å². The first-order chi connectivity index (χ1) is 12.9. The minimum atomic E-state index is -0.119. The van der Waals surface area contributed by atoms with Crippen LogP contribution in [0.1, 0.15) is 12.0 Å². The summed E-state index contributed by atoms with van der Waals surface area (Å²) in [7, 11) is 4.90. The highest BCUT2D eigenvalue weighted by Crippen LogP contribution is 2.25. The molecule has 27 heavy (non-hydrogen) atoms. The third-order valence-electron chi connectivity index (χ3n) is 3.86. The second-order valence-corrected chi connectivity index (χ2v) is 6.53. The lowest BCUT2D eigenvalue weighted by Gasteiger charge is -2.12. The van der Waals surface area contributed by atoms with Gasteiger partial charge in [-0.05, 0) is 48.4 Å². The standard InChI is InChI=1S/C20H23ClN2O4/c1-23(2)20(25)13-27-16-8-6-15(7-9-16)22-19(24)11-5-14-4-10-18(26-3)17(21)12-14/h4,6-10,12H,5,11,13H2,1-3H3,(H,22,24). The third kappa shape index (κ3) is 6.49. The summed E-state index contributed by atoms with van der Waals surface area (Å²) in [6.45, 7) is -0.0247. The summed E-state index contributed by atoms with van der Waals surface area (Å²) >= 11 is 6.09. The number of nitrogens with one attached hydrogen (secondary N) is 1. The minimum Gasteiger partial charge on any atom is -0.495 e. The van der Waals surface area contributed by atoms with Crippen LogP contribution >= 0.6 is 11.6 Å². The molecule has 7 heteroatoms. The molecule has 0 aliphatic carbocycles. The molecule has 0 aromatic heterocycles. The van der Waals surface area contributed by atoms with Crippen molar-refractivity contribution < 1.29 is 19.1 Å². The van der Waals surface area contributed by atoms with Crippen LogP contribution in [-0.4, -0.2) is 44.5 Å². The number of ether oxygens (including phenoxy) is 2. The number of benzene rings is 2. The summed E-state index contributed by atoms with van der Waals surface area (Å²) in [5.74, 6) is 0.958. The van der Waals surface area contributed by atoms with E-state index in [0.29, 0.717) is 35.1 Å². The van der Waals surface area contributed by atoms with Crippen LogP contribution < -0.4 is 14.8 Å². The van der Waals surface area contributed by atoms with Gasteiger partial charge in [0.1, 0.15) is 11.5 Å². The number of carbonyl (C=O) groups is 2. The average molecular weight is 391 g/mol. The first-order valence-corrected chi connectivity index (χ1v) is 8.82. The zero-order valence-electron chi connectivity index (χ0n) is 15.6. The number of hydrogen-bond donors (Lipinski definition) is 1. The topological polar surface area (TPSA) is 67.9 Å². The van der Waals surface area contributed by atoms with Gasteiger partial charge in [-0.25, -0.2) is 0 Å². The molecule has 2 aromatic rings. The van der Waals surface area contributed by atoms with Crippen LogP contribution in [0.4, 0.5) is 5.69 Å². The molecular formula is C20H23ClN2O4. The van der Waals surface area contributed by atoms with Gasteiger partial charge in [-0.3, -0.25) is 9.59 Å². The molecule has 0 saturated carbocycles. The lowest BCUT2D eigenvalue weighted by atomic mass is 10.1. The fourth-order valence-electron chi connectivity index (χ4n) is 2.26. The van der Waals surface area contributed by atoms with Gasteiger partial charge >= 0.3 is 0 Å². The Morgan fingerprint density at radius 2 is 1.81 bits per heavy atom. The van der Waals surface area contributed by atoms with Gasteiger partial charge in [-0.15, -0.1) is 0 Å². The largest absolute Gasteiger partial charge is 0.495 e. The number of hydrogen-bond acceptors (Lipinski definition) is 4. The fourth-order valence-corrected chi connectivity index (χ4v) is 2.54. The Morgan fingerprint density at radius 3 is 2.41 bits per heavy atom. The predicted octanol–water partition coefficient (Wildman–Crippen LogP) is 3.39. The van der Waals surface area contributed by atoms with Gasteiger partial charge in [-0.2, -0.15) is 0 Å². The zero-order chi connectivity index (χ0) is 19.8. The molecule has 0 unspecified atom stereocenters. The Hall–Kier alpha value is -2.73. The van der Waals surface area contributed by atoms with Gasteiger partial charge in [0.15, 0.2) is 6.61 Å². The average Bonchev–Trinajstić information content (AvgIpc) is 2.65. The predicted molar refractivity (Wildman–Crippen MR) is 106 cm³/mol. The maximum Gasteiger partial charge on any atom is 0.259 e. The number of halogens is 1. The molecule has 1 N–H and O–H groups in total. The van der Waals surface area contributed by atoms with E-state index >= 15 is 0 Å². The van der Waals surface area contributed by atoms with Crippen molar-refractivity contribution in [3.05, 3.63) is 53.1 Å². The van der Waals surface area contributed by atoms with E-state index in [4.69, 9.17) is 21.1 Å². The molecule has 2 amide bonds. The normalized spacial score (nSPS) is 10.2. The van der Waals surface area contributed by atoms with Crippen molar-refractivity contribution in [1.29, 1.82) is 0 Å². The first kappa shape index (κ1) is 20.6. The first-order valence-electron chi connectivity index (χ1n) is 8.44. The molecule has 0 aliphatic rings. The summed E-state index contributed by atoms with van der Waals surface area (Å²) in [6, 6.07) is 12.4. The number of aryl methyl sites for hydroxylation is 1. The third-order valence-corrected chi connectivity index (χ3v) is 4.15. The van der Waals surface area contributed by atoms with Gasteiger partial charge in [0.25, 0.3) is 5.91 Å². The quantitative estimate of drug-likeness (QED) is 0.750. The molecule has 0 saturated heterocycles. The Bertz CT molecular complexity index is 791. The van der Waals surface area contributed by atoms with Crippen LogP contribution in [0, 0.1) is 0 Å². The zero-order valence-corrected chi connectivity index (χ0v) is 16.4. The van der Waals surface area contributed by atoms with E-state index in [1.807, 2.05) is 6.07 Å². The van der Waals surface area contributed by atoms with Crippen LogP contribution in [0.15, 0.2) is 42.5 Å². The smallest absolute Gasteiger partial charge is 0.259 e. The monoisotopic (exact) mass is 390 g/mol. The van der Waals surface area contributed by atoms with Gasteiger partial charge in [0, 0.05) is 26.2 Å². The van der Waals surface area contributed by atoms with E-state index in [0.717, 1.165) is 5.56 Å². The molecule has 0 fully saturated rings. The van der Waals surface area contributed by atoms with Crippen LogP contribution in [0.2, 0.25) is 5.02 Å². The second kappa shape index (κ2) is 9.83. The van der Waals surface area contributed by atoms with E-state index in [1.165, 1.54) is 4.90 Å². The highest BCUT2D eigenvalue weighted by Gasteiger charge is 2.07. The SMILES string of the molecule is COc1ccc(CCC(=O)Nc2ccc(OCC(=O)N(C)C)cc2)cc1Cl. The van der Waals surface area contributed by atoms with E-state index in [1.54, 1.807) is 57.6 Å². The molecule has 2 rings (SSSR count). The maximum absolute atomic E-state index is 12.1. The van der Waals surface area contributed by atoms with Crippen LogP contribution in [-0.2, 0) is 16.0 Å². The summed E-state index contributed by atoms with van der Waals surface area (Å²) in [6.07, 6.45) is 0.904. The molecule has 144 valence electrons. The molecule has 0 heterocycles.